The fraction of sp³-hybridized carbons (Fsp3) is 0.364. The van der Waals surface area contributed by atoms with Gasteiger partial charge >= 0.3 is 0 Å². The lowest BCUT2D eigenvalue weighted by molar-refractivity contribution is 0.0876. The van der Waals surface area contributed by atoms with Gasteiger partial charge in [0, 0.05) is 0 Å². The van der Waals surface area contributed by atoms with Crippen molar-refractivity contribution in [3.8, 4) is 6.07 Å². The molecule has 0 aromatic carbocycles. The van der Waals surface area contributed by atoms with E-state index in [1.165, 1.54) is 0 Å². The Bertz CT molecular complexity index is 463. The molecule has 0 unspecified atom stereocenters. The fourth-order valence-corrected chi connectivity index (χ4v) is 1.77. The van der Waals surface area contributed by atoms with Crippen molar-refractivity contribution in [3.05, 3.63) is 29.0 Å². The topological polar surface area (TPSA) is 65.8 Å². The number of carbonyl (C=O) groups is 1. The normalized spacial score (nSPS) is 17.0. The van der Waals surface area contributed by atoms with Gasteiger partial charge in [0.1, 0.15) is 16.4 Å². The van der Waals surface area contributed by atoms with Crippen LogP contribution in [0, 0.1) is 11.3 Å². The highest BCUT2D eigenvalue weighted by Gasteiger charge is 2.38. The highest BCUT2D eigenvalue weighted by atomic mass is 35.5. The number of rotatable bonds is 2. The predicted octanol–water partition coefficient (Wildman–Crippen LogP) is 1.91. The molecule has 0 spiro atoms. The number of nitrogens with zero attached hydrogens (tertiary/aromatic N) is 2. The molecule has 0 saturated heterocycles. The second-order valence-electron chi connectivity index (χ2n) is 3.85. The van der Waals surface area contributed by atoms with Crippen LogP contribution in [0.1, 0.15) is 29.8 Å². The Hall–Kier alpha value is -1.60. The molecule has 16 heavy (non-hydrogen) atoms. The van der Waals surface area contributed by atoms with Crippen LogP contribution in [-0.2, 0) is 0 Å². The zero-order valence-corrected chi connectivity index (χ0v) is 9.29. The molecule has 0 atom stereocenters. The zero-order chi connectivity index (χ0) is 11.6. The van der Waals surface area contributed by atoms with Gasteiger partial charge in [0.2, 0.25) is 0 Å². The quantitative estimate of drug-likeness (QED) is 0.797. The molecule has 1 N–H and O–H groups in total. The number of nitriles is 1. The standard InChI is InChI=1S/C11H10ClN3O/c12-9-4-1-3-8(14-9)10(16)15-11(7-13)5-2-6-11/h1,3-4H,2,5-6H2,(H,15,16). The molecule has 1 aliphatic carbocycles. The lowest BCUT2D eigenvalue weighted by Gasteiger charge is -2.35. The molecule has 4 nitrogen and oxygen atoms in total. The first-order valence-corrected chi connectivity index (χ1v) is 5.39. The van der Waals surface area contributed by atoms with Crippen molar-refractivity contribution in [3.63, 3.8) is 0 Å². The highest BCUT2D eigenvalue weighted by Crippen LogP contribution is 2.31. The van der Waals surface area contributed by atoms with Crippen LogP contribution in [0.4, 0.5) is 0 Å². The van der Waals surface area contributed by atoms with Gasteiger partial charge in [0.25, 0.3) is 5.91 Å². The number of aromatic nitrogens is 1. The largest absolute Gasteiger partial charge is 0.332 e. The Kier molecular flexibility index (Phi) is 2.80. The van der Waals surface area contributed by atoms with E-state index in [1.807, 2.05) is 0 Å². The molecule has 2 rings (SSSR count). The molecule has 1 aromatic heterocycles. The summed E-state index contributed by atoms with van der Waals surface area (Å²) < 4.78 is 0. The van der Waals surface area contributed by atoms with E-state index in [4.69, 9.17) is 16.9 Å². The molecule has 1 heterocycles. The molecule has 1 aliphatic rings. The Morgan fingerprint density at radius 2 is 2.31 bits per heavy atom. The summed E-state index contributed by atoms with van der Waals surface area (Å²) in [5.74, 6) is -0.344. The van der Waals surface area contributed by atoms with E-state index < -0.39 is 5.54 Å². The minimum absolute atomic E-state index is 0.244. The molecular formula is C11H10ClN3O. The van der Waals surface area contributed by atoms with Gasteiger partial charge in [-0.25, -0.2) is 4.98 Å². The summed E-state index contributed by atoms with van der Waals surface area (Å²) in [6.07, 6.45) is 2.38. The zero-order valence-electron chi connectivity index (χ0n) is 8.53. The number of hydrogen-bond donors (Lipinski definition) is 1. The van der Waals surface area contributed by atoms with Gasteiger partial charge < -0.3 is 5.32 Å². The van der Waals surface area contributed by atoms with E-state index in [9.17, 15) is 4.79 Å². The molecule has 1 saturated carbocycles. The van der Waals surface area contributed by atoms with Crippen LogP contribution in [0.25, 0.3) is 0 Å². The molecule has 0 aliphatic heterocycles. The number of carbonyl (C=O) groups excluding carboxylic acids is 1. The van der Waals surface area contributed by atoms with Gasteiger partial charge in [0.15, 0.2) is 0 Å². The molecule has 1 fully saturated rings. The lowest BCUT2D eigenvalue weighted by atomic mass is 9.78. The number of nitrogens with one attached hydrogen (secondary N) is 1. The Balaban J connectivity index is 2.12. The maximum Gasteiger partial charge on any atom is 0.271 e. The van der Waals surface area contributed by atoms with Gasteiger partial charge in [-0.05, 0) is 31.4 Å². The molecular weight excluding hydrogens is 226 g/mol. The van der Waals surface area contributed by atoms with Crippen LogP contribution >= 0.6 is 11.6 Å². The van der Waals surface area contributed by atoms with Crippen LogP contribution in [-0.4, -0.2) is 16.4 Å². The number of amides is 1. The smallest absolute Gasteiger partial charge is 0.271 e. The van der Waals surface area contributed by atoms with E-state index in [2.05, 4.69) is 16.4 Å². The average molecular weight is 236 g/mol. The molecule has 5 heteroatoms. The summed E-state index contributed by atoms with van der Waals surface area (Å²) in [6.45, 7) is 0. The van der Waals surface area contributed by atoms with Gasteiger partial charge in [-0.15, -0.1) is 0 Å². The number of pyridine rings is 1. The first-order valence-electron chi connectivity index (χ1n) is 5.02. The van der Waals surface area contributed by atoms with Crippen LogP contribution in [0.15, 0.2) is 18.2 Å². The Morgan fingerprint density at radius 1 is 1.56 bits per heavy atom. The number of hydrogen-bond acceptors (Lipinski definition) is 3. The third-order valence-electron chi connectivity index (χ3n) is 2.72. The number of halogens is 1. The van der Waals surface area contributed by atoms with Crippen molar-refractivity contribution in [1.82, 2.24) is 10.3 Å². The second-order valence-corrected chi connectivity index (χ2v) is 4.23. The molecule has 0 bridgehead atoms. The second kappa shape index (κ2) is 4.11. The minimum atomic E-state index is -0.693. The monoisotopic (exact) mass is 235 g/mol. The predicted molar refractivity (Wildman–Crippen MR) is 58.9 cm³/mol. The van der Waals surface area contributed by atoms with Gasteiger partial charge in [-0.1, -0.05) is 17.7 Å². The molecule has 82 valence electrons. The van der Waals surface area contributed by atoms with E-state index >= 15 is 0 Å². The maximum atomic E-state index is 11.8. The van der Waals surface area contributed by atoms with Crippen molar-refractivity contribution in [1.29, 1.82) is 5.26 Å². The van der Waals surface area contributed by atoms with Crippen molar-refractivity contribution < 1.29 is 4.79 Å². The first kappa shape index (κ1) is 10.9. The molecule has 0 radical (unpaired) electrons. The van der Waals surface area contributed by atoms with E-state index in [-0.39, 0.29) is 16.8 Å². The highest BCUT2D eigenvalue weighted by molar-refractivity contribution is 6.29. The minimum Gasteiger partial charge on any atom is -0.332 e. The van der Waals surface area contributed by atoms with E-state index in [0.29, 0.717) is 12.8 Å². The SMILES string of the molecule is N#CC1(NC(=O)c2cccc(Cl)n2)CCC1. The first-order chi connectivity index (χ1) is 7.65. The van der Waals surface area contributed by atoms with Crippen LogP contribution in [0.3, 0.4) is 0 Å². The van der Waals surface area contributed by atoms with Gasteiger partial charge in [-0.3, -0.25) is 4.79 Å². The third kappa shape index (κ3) is 2.00. The fourth-order valence-electron chi connectivity index (χ4n) is 1.61. The van der Waals surface area contributed by atoms with Crippen LogP contribution in [0.5, 0.6) is 0 Å². The summed E-state index contributed by atoms with van der Waals surface area (Å²) >= 11 is 5.69. The summed E-state index contributed by atoms with van der Waals surface area (Å²) in [6, 6.07) is 6.97. The summed E-state index contributed by atoms with van der Waals surface area (Å²) in [7, 11) is 0. The summed E-state index contributed by atoms with van der Waals surface area (Å²) in [4.78, 5) is 15.7. The van der Waals surface area contributed by atoms with Crippen LogP contribution < -0.4 is 5.32 Å². The van der Waals surface area contributed by atoms with E-state index in [0.717, 1.165) is 6.42 Å². The Morgan fingerprint density at radius 3 is 2.81 bits per heavy atom. The Labute approximate surface area is 98.2 Å². The maximum absolute atomic E-state index is 11.8. The lowest BCUT2D eigenvalue weighted by Crippen LogP contribution is -2.52. The van der Waals surface area contributed by atoms with Gasteiger partial charge in [0.05, 0.1) is 6.07 Å². The van der Waals surface area contributed by atoms with Crippen molar-refractivity contribution in [2.75, 3.05) is 0 Å². The van der Waals surface area contributed by atoms with Crippen molar-refractivity contribution in [2.24, 2.45) is 0 Å². The third-order valence-corrected chi connectivity index (χ3v) is 2.93. The summed E-state index contributed by atoms with van der Waals surface area (Å²) in [5, 5.41) is 11.9. The van der Waals surface area contributed by atoms with Gasteiger partial charge in [-0.2, -0.15) is 5.26 Å². The van der Waals surface area contributed by atoms with Crippen molar-refractivity contribution >= 4 is 17.5 Å². The molecule has 1 aromatic rings. The van der Waals surface area contributed by atoms with Crippen molar-refractivity contribution in [2.45, 2.75) is 24.8 Å². The van der Waals surface area contributed by atoms with Crippen LogP contribution in [0.2, 0.25) is 5.15 Å². The average Bonchev–Trinajstić information content (AvgIpc) is 2.23. The molecule has 1 amide bonds. The summed E-state index contributed by atoms with van der Waals surface area (Å²) in [5.41, 5.74) is -0.449. The van der Waals surface area contributed by atoms with E-state index in [1.54, 1.807) is 18.2 Å².